The van der Waals surface area contributed by atoms with Gasteiger partial charge in [0, 0.05) is 6.08 Å². The normalized spacial score (nSPS) is 10.5. The Balaban J connectivity index is 2.23. The molecule has 0 aliphatic rings. The highest BCUT2D eigenvalue weighted by molar-refractivity contribution is 6.03. The Bertz CT molecular complexity index is 789. The van der Waals surface area contributed by atoms with Crippen molar-refractivity contribution in [2.45, 2.75) is 6.92 Å². The van der Waals surface area contributed by atoms with Crippen molar-refractivity contribution >= 4 is 17.7 Å². The van der Waals surface area contributed by atoms with E-state index in [0.29, 0.717) is 28.7 Å². The van der Waals surface area contributed by atoms with Gasteiger partial charge in [-0.3, -0.25) is 4.79 Å². The maximum Gasteiger partial charge on any atom is 0.248 e. The number of benzene rings is 2. The number of amides is 1. The van der Waals surface area contributed by atoms with Gasteiger partial charge in [0.25, 0.3) is 0 Å². The van der Waals surface area contributed by atoms with Gasteiger partial charge in [0.15, 0.2) is 11.5 Å². The fraction of sp³-hybridized carbons (Fsp3) is 0.250. The Kier molecular flexibility index (Phi) is 6.49. The third-order valence-corrected chi connectivity index (χ3v) is 3.82. The highest BCUT2D eigenvalue weighted by Gasteiger charge is 2.12. The van der Waals surface area contributed by atoms with Crippen molar-refractivity contribution in [3.05, 3.63) is 47.5 Å². The zero-order valence-electron chi connectivity index (χ0n) is 15.6. The first-order valence-electron chi connectivity index (χ1n) is 7.96. The summed E-state index contributed by atoms with van der Waals surface area (Å²) in [6.07, 6.45) is 3.11. The molecule has 0 bridgehead atoms. The zero-order valence-corrected chi connectivity index (χ0v) is 15.6. The van der Waals surface area contributed by atoms with Crippen LogP contribution >= 0.6 is 0 Å². The van der Waals surface area contributed by atoms with Gasteiger partial charge in [-0.15, -0.1) is 0 Å². The largest absolute Gasteiger partial charge is 0.495 e. The summed E-state index contributed by atoms with van der Waals surface area (Å²) in [5.74, 6) is 1.88. The summed E-state index contributed by atoms with van der Waals surface area (Å²) >= 11 is 0. The van der Waals surface area contributed by atoms with Crippen molar-refractivity contribution in [3.63, 3.8) is 0 Å². The molecule has 1 N–H and O–H groups in total. The number of hydrogen-bond acceptors (Lipinski definition) is 5. The lowest BCUT2D eigenvalue weighted by atomic mass is 10.1. The lowest BCUT2D eigenvalue weighted by Crippen LogP contribution is -2.10. The van der Waals surface area contributed by atoms with Crippen molar-refractivity contribution in [3.8, 4) is 23.0 Å². The van der Waals surface area contributed by atoms with Gasteiger partial charge >= 0.3 is 0 Å². The Hall–Kier alpha value is -3.15. The van der Waals surface area contributed by atoms with E-state index in [9.17, 15) is 4.79 Å². The number of hydrogen-bond donors (Lipinski definition) is 1. The molecule has 26 heavy (non-hydrogen) atoms. The van der Waals surface area contributed by atoms with E-state index < -0.39 is 0 Å². The van der Waals surface area contributed by atoms with Crippen molar-refractivity contribution in [1.29, 1.82) is 0 Å². The number of aryl methyl sites for hydroxylation is 1. The number of carbonyl (C=O) groups excluding carboxylic acids is 1. The number of rotatable bonds is 7. The van der Waals surface area contributed by atoms with Gasteiger partial charge in [-0.1, -0.05) is 12.1 Å². The number of para-hydroxylation sites is 1. The standard InChI is InChI=1S/C20H23NO5/c1-13-7-6-8-15(23-2)19(13)21-18(22)10-9-14-11-16(24-3)20(26-5)17(12-14)25-4/h6-12H,1-5H3,(H,21,22)/b10-9+. The summed E-state index contributed by atoms with van der Waals surface area (Å²) in [4.78, 5) is 12.3. The highest BCUT2D eigenvalue weighted by Crippen LogP contribution is 2.38. The Labute approximate surface area is 153 Å². The molecule has 6 heteroatoms. The topological polar surface area (TPSA) is 66.0 Å². The third kappa shape index (κ3) is 4.27. The minimum atomic E-state index is -0.272. The molecule has 6 nitrogen and oxygen atoms in total. The van der Waals surface area contributed by atoms with Gasteiger partial charge in [-0.2, -0.15) is 0 Å². The van der Waals surface area contributed by atoms with Crippen LogP contribution in [0.4, 0.5) is 5.69 Å². The van der Waals surface area contributed by atoms with Crippen LogP contribution in [-0.2, 0) is 4.79 Å². The van der Waals surface area contributed by atoms with Gasteiger partial charge in [0.2, 0.25) is 11.7 Å². The van der Waals surface area contributed by atoms with Crippen molar-refractivity contribution < 1.29 is 23.7 Å². The summed E-state index contributed by atoms with van der Waals surface area (Å²) < 4.78 is 21.2. The second-order valence-electron chi connectivity index (χ2n) is 5.43. The first-order chi connectivity index (χ1) is 12.5. The molecule has 2 aromatic carbocycles. The molecule has 0 radical (unpaired) electrons. The van der Waals surface area contributed by atoms with Crippen molar-refractivity contribution in [2.75, 3.05) is 33.8 Å². The molecule has 1 amide bonds. The van der Waals surface area contributed by atoms with E-state index in [1.54, 1.807) is 52.7 Å². The van der Waals surface area contributed by atoms with Crippen LogP contribution in [0.2, 0.25) is 0 Å². The van der Waals surface area contributed by atoms with Gasteiger partial charge in [-0.05, 0) is 42.3 Å². The molecule has 0 fully saturated rings. The molecule has 0 heterocycles. The monoisotopic (exact) mass is 357 g/mol. The molecular weight excluding hydrogens is 334 g/mol. The molecule has 2 rings (SSSR count). The smallest absolute Gasteiger partial charge is 0.248 e. The summed E-state index contributed by atoms with van der Waals surface area (Å²) in [6, 6.07) is 9.10. The van der Waals surface area contributed by atoms with Crippen LogP contribution in [0.25, 0.3) is 6.08 Å². The molecule has 138 valence electrons. The molecular formula is C20H23NO5. The van der Waals surface area contributed by atoms with E-state index in [1.807, 2.05) is 19.1 Å². The van der Waals surface area contributed by atoms with Crippen LogP contribution in [0.1, 0.15) is 11.1 Å². The number of methoxy groups -OCH3 is 4. The lowest BCUT2D eigenvalue weighted by Gasteiger charge is -2.13. The van der Waals surface area contributed by atoms with E-state index in [2.05, 4.69) is 5.32 Å². The molecule has 0 spiro atoms. The van der Waals surface area contributed by atoms with Crippen LogP contribution < -0.4 is 24.3 Å². The maximum absolute atomic E-state index is 12.3. The van der Waals surface area contributed by atoms with Crippen LogP contribution in [0.5, 0.6) is 23.0 Å². The van der Waals surface area contributed by atoms with Crippen LogP contribution in [0.3, 0.4) is 0 Å². The predicted octanol–water partition coefficient (Wildman–Crippen LogP) is 3.68. The van der Waals surface area contributed by atoms with E-state index in [-0.39, 0.29) is 5.91 Å². The molecule has 0 aliphatic heterocycles. The quantitative estimate of drug-likeness (QED) is 0.766. The number of ether oxygens (including phenoxy) is 4. The number of carbonyl (C=O) groups is 1. The van der Waals surface area contributed by atoms with Crippen LogP contribution in [0, 0.1) is 6.92 Å². The second-order valence-corrected chi connectivity index (χ2v) is 5.43. The third-order valence-electron chi connectivity index (χ3n) is 3.82. The van der Waals surface area contributed by atoms with Gasteiger partial charge in [0.05, 0.1) is 34.1 Å². The van der Waals surface area contributed by atoms with Crippen molar-refractivity contribution in [2.24, 2.45) is 0 Å². The Morgan fingerprint density at radius 3 is 2.08 bits per heavy atom. The van der Waals surface area contributed by atoms with E-state index in [1.165, 1.54) is 6.08 Å². The summed E-state index contributed by atoms with van der Waals surface area (Å²) in [6.45, 7) is 1.90. The zero-order chi connectivity index (χ0) is 19.1. The fourth-order valence-electron chi connectivity index (χ4n) is 2.51. The Morgan fingerprint density at radius 2 is 1.54 bits per heavy atom. The lowest BCUT2D eigenvalue weighted by molar-refractivity contribution is -0.111. The molecule has 2 aromatic rings. The average molecular weight is 357 g/mol. The molecule has 0 aliphatic carbocycles. The first kappa shape index (κ1) is 19.2. The highest BCUT2D eigenvalue weighted by atomic mass is 16.5. The molecule has 0 saturated heterocycles. The average Bonchev–Trinajstić information content (AvgIpc) is 2.66. The fourth-order valence-corrected chi connectivity index (χ4v) is 2.51. The van der Waals surface area contributed by atoms with Gasteiger partial charge in [-0.25, -0.2) is 0 Å². The van der Waals surface area contributed by atoms with E-state index in [4.69, 9.17) is 18.9 Å². The van der Waals surface area contributed by atoms with Crippen molar-refractivity contribution in [1.82, 2.24) is 0 Å². The Morgan fingerprint density at radius 1 is 0.923 bits per heavy atom. The minimum Gasteiger partial charge on any atom is -0.495 e. The van der Waals surface area contributed by atoms with Gasteiger partial charge in [0.1, 0.15) is 5.75 Å². The number of anilines is 1. The predicted molar refractivity (Wildman–Crippen MR) is 101 cm³/mol. The summed E-state index contributed by atoms with van der Waals surface area (Å²) in [5.41, 5.74) is 2.31. The maximum atomic E-state index is 12.3. The second kappa shape index (κ2) is 8.80. The van der Waals surface area contributed by atoms with Crippen LogP contribution in [-0.4, -0.2) is 34.3 Å². The SMILES string of the molecule is COc1cccc(C)c1NC(=O)/C=C/c1cc(OC)c(OC)c(OC)c1. The summed E-state index contributed by atoms with van der Waals surface area (Å²) in [7, 11) is 6.19. The molecule has 0 aromatic heterocycles. The van der Waals surface area contributed by atoms with Gasteiger partial charge < -0.3 is 24.3 Å². The number of nitrogens with one attached hydrogen (secondary N) is 1. The molecule has 0 atom stereocenters. The molecule has 0 saturated carbocycles. The van der Waals surface area contributed by atoms with E-state index >= 15 is 0 Å². The van der Waals surface area contributed by atoms with Crippen LogP contribution in [0.15, 0.2) is 36.4 Å². The summed E-state index contributed by atoms with van der Waals surface area (Å²) in [5, 5.41) is 2.84. The first-order valence-corrected chi connectivity index (χ1v) is 7.96. The minimum absolute atomic E-state index is 0.272. The van der Waals surface area contributed by atoms with E-state index in [0.717, 1.165) is 11.1 Å². The molecule has 0 unspecified atom stereocenters.